The molecule has 1 aromatic carbocycles. The summed E-state index contributed by atoms with van der Waals surface area (Å²) in [4.78, 5) is 14.8. The van der Waals surface area contributed by atoms with Crippen molar-refractivity contribution in [2.75, 3.05) is 39.4 Å². The molecule has 0 unspecified atom stereocenters. The number of hydrogen-bond donors (Lipinski definition) is 2. The second kappa shape index (κ2) is 9.43. The maximum absolute atomic E-state index is 12.2. The van der Waals surface area contributed by atoms with Crippen molar-refractivity contribution in [3.05, 3.63) is 41.0 Å². The minimum atomic E-state index is -0.338. The molecule has 2 fully saturated rings. The number of nitrogens with two attached hydrogens (primary N) is 1. The Morgan fingerprint density at radius 2 is 1.90 bits per heavy atom. The Hall–Kier alpha value is -1.69. The second-order valence-corrected chi connectivity index (χ2v) is 10.4. The second-order valence-electron chi connectivity index (χ2n) is 10.4. The molecule has 0 aromatic heterocycles. The van der Waals surface area contributed by atoms with Crippen LogP contribution in [-0.4, -0.2) is 50.2 Å². The third kappa shape index (κ3) is 5.21. The number of carbonyl (C=O) groups is 1. The molecule has 4 rings (SSSR count). The lowest BCUT2D eigenvalue weighted by atomic mass is 9.75. The topological polar surface area (TPSA) is 67.6 Å². The zero-order chi connectivity index (χ0) is 21.9. The number of ether oxygens (including phenoxy) is 1. The van der Waals surface area contributed by atoms with Gasteiger partial charge < -0.3 is 20.7 Å². The van der Waals surface area contributed by atoms with Crippen molar-refractivity contribution in [3.8, 4) is 0 Å². The van der Waals surface area contributed by atoms with E-state index in [0.29, 0.717) is 11.0 Å². The maximum atomic E-state index is 12.2. The Kier molecular flexibility index (Phi) is 6.85. The smallest absolute Gasteiger partial charge is 0.249 e. The Labute approximate surface area is 187 Å². The minimum absolute atomic E-state index is 0.0998. The monoisotopic (exact) mass is 425 g/mol. The predicted molar refractivity (Wildman–Crippen MR) is 126 cm³/mol. The average molecular weight is 426 g/mol. The van der Waals surface area contributed by atoms with E-state index in [0.717, 1.165) is 64.0 Å². The number of rotatable bonds is 7. The van der Waals surface area contributed by atoms with Crippen molar-refractivity contribution < 1.29 is 9.53 Å². The van der Waals surface area contributed by atoms with Crippen LogP contribution < -0.4 is 11.1 Å². The standard InChI is InChI=1S/C26H39N3O2/c1-25(2)9-7-20(8-10-25)23-19-21(5-6-22(23)24(27)30)26(11-17-31-18-12-26)28-13-16-29-14-3-4-15-29/h5-7,19,28H,3-4,8-18H2,1-2H3,(H2,27,30). The van der Waals surface area contributed by atoms with E-state index < -0.39 is 0 Å². The van der Waals surface area contributed by atoms with Gasteiger partial charge in [-0.3, -0.25) is 4.79 Å². The first-order chi connectivity index (χ1) is 14.9. The van der Waals surface area contributed by atoms with Gasteiger partial charge in [0, 0.05) is 37.4 Å². The third-order valence-electron chi connectivity index (χ3n) is 7.59. The van der Waals surface area contributed by atoms with E-state index in [4.69, 9.17) is 10.5 Å². The maximum Gasteiger partial charge on any atom is 0.249 e. The molecule has 1 amide bonds. The van der Waals surface area contributed by atoms with Crippen molar-refractivity contribution in [2.45, 2.75) is 64.3 Å². The third-order valence-corrected chi connectivity index (χ3v) is 7.59. The van der Waals surface area contributed by atoms with Crippen LogP contribution >= 0.6 is 0 Å². The highest BCUT2D eigenvalue weighted by molar-refractivity contribution is 5.98. The molecule has 1 aliphatic carbocycles. The summed E-state index contributed by atoms with van der Waals surface area (Å²) in [6, 6.07) is 6.32. The van der Waals surface area contributed by atoms with Gasteiger partial charge in [0.25, 0.3) is 0 Å². The highest BCUT2D eigenvalue weighted by Gasteiger charge is 2.35. The molecule has 3 aliphatic rings. The van der Waals surface area contributed by atoms with Crippen LogP contribution in [0.25, 0.3) is 5.57 Å². The van der Waals surface area contributed by atoms with E-state index in [9.17, 15) is 4.79 Å². The van der Waals surface area contributed by atoms with E-state index in [1.165, 1.54) is 37.1 Å². The van der Waals surface area contributed by atoms with Crippen LogP contribution in [-0.2, 0) is 10.3 Å². The number of carbonyl (C=O) groups excluding carboxylic acids is 1. The molecule has 31 heavy (non-hydrogen) atoms. The van der Waals surface area contributed by atoms with Crippen molar-refractivity contribution in [1.29, 1.82) is 0 Å². The first kappa shape index (κ1) is 22.5. The predicted octanol–water partition coefficient (Wildman–Crippen LogP) is 4.07. The van der Waals surface area contributed by atoms with Crippen LogP contribution in [0.3, 0.4) is 0 Å². The summed E-state index contributed by atoms with van der Waals surface area (Å²) in [5.41, 5.74) is 10.2. The Morgan fingerprint density at radius 3 is 2.55 bits per heavy atom. The first-order valence-electron chi connectivity index (χ1n) is 12.1. The van der Waals surface area contributed by atoms with Crippen LogP contribution in [0, 0.1) is 5.41 Å². The number of amides is 1. The molecule has 2 heterocycles. The molecule has 3 N–H and O–H groups in total. The fourth-order valence-corrected chi connectivity index (χ4v) is 5.39. The molecule has 170 valence electrons. The molecular formula is C26H39N3O2. The van der Waals surface area contributed by atoms with Gasteiger partial charge in [0.2, 0.25) is 5.91 Å². The molecule has 0 bridgehead atoms. The number of nitrogens with zero attached hydrogens (tertiary/aromatic N) is 1. The lowest BCUT2D eigenvalue weighted by molar-refractivity contribution is 0.0358. The molecule has 5 heteroatoms. The number of nitrogens with one attached hydrogen (secondary N) is 1. The van der Waals surface area contributed by atoms with E-state index in [-0.39, 0.29) is 11.4 Å². The fraction of sp³-hybridized carbons (Fsp3) is 0.654. The van der Waals surface area contributed by atoms with Gasteiger partial charge in [0.15, 0.2) is 0 Å². The fourth-order valence-electron chi connectivity index (χ4n) is 5.39. The summed E-state index contributed by atoms with van der Waals surface area (Å²) < 4.78 is 5.72. The molecule has 0 saturated carbocycles. The summed E-state index contributed by atoms with van der Waals surface area (Å²) in [5.74, 6) is -0.338. The van der Waals surface area contributed by atoms with Gasteiger partial charge >= 0.3 is 0 Å². The molecule has 5 nitrogen and oxygen atoms in total. The normalized spacial score (nSPS) is 23.5. The molecule has 0 radical (unpaired) electrons. The Morgan fingerprint density at radius 1 is 1.16 bits per heavy atom. The summed E-state index contributed by atoms with van der Waals surface area (Å²) in [5, 5.41) is 3.91. The summed E-state index contributed by atoms with van der Waals surface area (Å²) in [6.07, 6.45) is 10.0. The molecule has 1 aromatic rings. The number of likely N-dealkylation sites (tertiary alicyclic amines) is 1. The van der Waals surface area contributed by atoms with Gasteiger partial charge in [0.1, 0.15) is 0 Å². The zero-order valence-electron chi connectivity index (χ0n) is 19.3. The van der Waals surface area contributed by atoms with E-state index in [1.807, 2.05) is 6.07 Å². The SMILES string of the molecule is CC1(C)CC=C(c2cc(C3(NCCN4CCCC4)CCOCC3)ccc2C(N)=O)CC1. The van der Waals surface area contributed by atoms with E-state index in [1.54, 1.807) is 0 Å². The van der Waals surface area contributed by atoms with Crippen molar-refractivity contribution in [2.24, 2.45) is 11.1 Å². The van der Waals surface area contributed by atoms with Crippen molar-refractivity contribution in [1.82, 2.24) is 10.2 Å². The minimum Gasteiger partial charge on any atom is -0.381 e. The zero-order valence-corrected chi connectivity index (χ0v) is 19.3. The summed E-state index contributed by atoms with van der Waals surface area (Å²) >= 11 is 0. The van der Waals surface area contributed by atoms with Crippen molar-refractivity contribution in [3.63, 3.8) is 0 Å². The molecule has 2 aliphatic heterocycles. The van der Waals surface area contributed by atoms with Crippen LogP contribution in [0.2, 0.25) is 0 Å². The molecule has 2 saturated heterocycles. The van der Waals surface area contributed by atoms with E-state index >= 15 is 0 Å². The van der Waals surface area contributed by atoms with Crippen LogP contribution in [0.15, 0.2) is 24.3 Å². The largest absolute Gasteiger partial charge is 0.381 e. The highest BCUT2D eigenvalue weighted by atomic mass is 16.5. The number of primary amides is 1. The average Bonchev–Trinajstić information content (AvgIpc) is 3.27. The van der Waals surface area contributed by atoms with Gasteiger partial charge in [-0.15, -0.1) is 0 Å². The Bertz CT molecular complexity index is 818. The lowest BCUT2D eigenvalue weighted by Crippen LogP contribution is -2.49. The highest BCUT2D eigenvalue weighted by Crippen LogP contribution is 2.40. The quantitative estimate of drug-likeness (QED) is 0.691. The van der Waals surface area contributed by atoms with Crippen LogP contribution in [0.1, 0.15) is 80.3 Å². The number of allylic oxidation sites excluding steroid dienone is 2. The van der Waals surface area contributed by atoms with Crippen LogP contribution in [0.5, 0.6) is 0 Å². The van der Waals surface area contributed by atoms with Gasteiger partial charge in [-0.25, -0.2) is 0 Å². The number of hydrogen-bond acceptors (Lipinski definition) is 4. The van der Waals surface area contributed by atoms with Crippen LogP contribution in [0.4, 0.5) is 0 Å². The Balaban J connectivity index is 1.62. The van der Waals surface area contributed by atoms with Gasteiger partial charge in [-0.1, -0.05) is 26.0 Å². The van der Waals surface area contributed by atoms with Gasteiger partial charge in [-0.2, -0.15) is 0 Å². The molecule has 0 spiro atoms. The van der Waals surface area contributed by atoms with Gasteiger partial charge in [0.05, 0.1) is 0 Å². The molecule has 0 atom stereocenters. The van der Waals surface area contributed by atoms with Gasteiger partial charge in [-0.05, 0) is 92.3 Å². The summed E-state index contributed by atoms with van der Waals surface area (Å²) in [7, 11) is 0. The first-order valence-corrected chi connectivity index (χ1v) is 12.1. The van der Waals surface area contributed by atoms with Crippen molar-refractivity contribution >= 4 is 11.5 Å². The lowest BCUT2D eigenvalue weighted by Gasteiger charge is -2.40. The van der Waals surface area contributed by atoms with E-state index in [2.05, 4.69) is 42.3 Å². The summed E-state index contributed by atoms with van der Waals surface area (Å²) in [6.45, 7) is 10.7. The molecular weight excluding hydrogens is 386 g/mol. The number of benzene rings is 1.